The van der Waals surface area contributed by atoms with Crippen LogP contribution in [0.25, 0.3) is 0 Å². The summed E-state index contributed by atoms with van der Waals surface area (Å²) in [6, 6.07) is 8.35. The molecule has 0 atom stereocenters. The van der Waals surface area contributed by atoms with Crippen molar-refractivity contribution < 1.29 is 17.6 Å². The van der Waals surface area contributed by atoms with E-state index < -0.39 is 15.8 Å². The molecular formula is C16H15ClFN3O3S. The SMILES string of the molecule is O=C(c1ccc(Cl)nc1)N1CCN(S(=O)(=O)c2ccccc2F)CC1. The molecule has 6 nitrogen and oxygen atoms in total. The van der Waals surface area contributed by atoms with Crippen LogP contribution in [-0.4, -0.2) is 54.7 Å². The Bertz CT molecular complexity index is 882. The van der Waals surface area contributed by atoms with Crippen molar-refractivity contribution in [2.45, 2.75) is 4.90 Å². The number of carbonyl (C=O) groups excluding carboxylic acids is 1. The van der Waals surface area contributed by atoms with Crippen molar-refractivity contribution in [3.8, 4) is 0 Å². The smallest absolute Gasteiger partial charge is 0.255 e. The average molecular weight is 384 g/mol. The maximum Gasteiger partial charge on any atom is 0.255 e. The van der Waals surface area contributed by atoms with E-state index in [1.54, 1.807) is 6.07 Å². The molecule has 0 unspecified atom stereocenters. The Balaban J connectivity index is 1.70. The summed E-state index contributed by atoms with van der Waals surface area (Å²) in [5.74, 6) is -1.03. The van der Waals surface area contributed by atoms with E-state index in [0.717, 1.165) is 6.07 Å². The van der Waals surface area contributed by atoms with Crippen LogP contribution in [-0.2, 0) is 10.0 Å². The second-order valence-corrected chi connectivity index (χ2v) is 7.79. The fraction of sp³-hybridized carbons (Fsp3) is 0.250. The number of carbonyl (C=O) groups is 1. The third-order valence-electron chi connectivity index (χ3n) is 3.95. The molecule has 1 aliphatic heterocycles. The van der Waals surface area contributed by atoms with E-state index in [1.807, 2.05) is 0 Å². The number of amides is 1. The molecule has 0 spiro atoms. The van der Waals surface area contributed by atoms with Crippen molar-refractivity contribution in [2.24, 2.45) is 0 Å². The van der Waals surface area contributed by atoms with Gasteiger partial charge in [-0.2, -0.15) is 4.31 Å². The Morgan fingerprint density at radius 3 is 2.36 bits per heavy atom. The minimum atomic E-state index is -3.92. The number of rotatable bonds is 3. The highest BCUT2D eigenvalue weighted by Crippen LogP contribution is 2.21. The van der Waals surface area contributed by atoms with Crippen LogP contribution >= 0.6 is 11.6 Å². The van der Waals surface area contributed by atoms with Crippen LogP contribution < -0.4 is 0 Å². The van der Waals surface area contributed by atoms with Crippen LogP contribution in [0.4, 0.5) is 4.39 Å². The largest absolute Gasteiger partial charge is 0.336 e. The Kier molecular flexibility index (Phi) is 5.03. The highest BCUT2D eigenvalue weighted by atomic mass is 35.5. The maximum absolute atomic E-state index is 13.8. The molecule has 0 radical (unpaired) electrons. The van der Waals surface area contributed by atoms with Crippen LogP contribution in [0.2, 0.25) is 5.15 Å². The molecule has 0 aliphatic carbocycles. The molecule has 1 fully saturated rings. The fourth-order valence-electron chi connectivity index (χ4n) is 2.61. The molecule has 1 aromatic heterocycles. The molecular weight excluding hydrogens is 369 g/mol. The van der Waals surface area contributed by atoms with Gasteiger partial charge < -0.3 is 4.90 Å². The lowest BCUT2D eigenvalue weighted by Crippen LogP contribution is -2.50. The van der Waals surface area contributed by atoms with Crippen LogP contribution in [0.1, 0.15) is 10.4 Å². The Labute approximate surface area is 149 Å². The molecule has 3 rings (SSSR count). The van der Waals surface area contributed by atoms with Crippen molar-refractivity contribution in [1.29, 1.82) is 0 Å². The first-order valence-corrected chi connectivity index (χ1v) is 9.37. The van der Waals surface area contributed by atoms with E-state index in [1.165, 1.54) is 39.7 Å². The van der Waals surface area contributed by atoms with E-state index >= 15 is 0 Å². The number of pyridine rings is 1. The molecule has 1 aliphatic rings. The van der Waals surface area contributed by atoms with Gasteiger partial charge in [-0.25, -0.2) is 17.8 Å². The van der Waals surface area contributed by atoms with Gasteiger partial charge in [0.25, 0.3) is 5.91 Å². The molecule has 1 aromatic carbocycles. The summed E-state index contributed by atoms with van der Waals surface area (Å²) in [7, 11) is -3.92. The zero-order valence-electron chi connectivity index (χ0n) is 13.1. The summed E-state index contributed by atoms with van der Waals surface area (Å²) >= 11 is 5.70. The van der Waals surface area contributed by atoms with Crippen molar-refractivity contribution in [3.63, 3.8) is 0 Å². The van der Waals surface area contributed by atoms with Gasteiger partial charge in [0, 0.05) is 32.4 Å². The van der Waals surface area contributed by atoms with Crippen LogP contribution in [0, 0.1) is 5.82 Å². The topological polar surface area (TPSA) is 70.6 Å². The van der Waals surface area contributed by atoms with E-state index in [4.69, 9.17) is 11.6 Å². The minimum Gasteiger partial charge on any atom is -0.336 e. The van der Waals surface area contributed by atoms with Gasteiger partial charge in [0.05, 0.1) is 5.56 Å². The van der Waals surface area contributed by atoms with E-state index in [0.29, 0.717) is 5.56 Å². The van der Waals surface area contributed by atoms with Crippen molar-refractivity contribution >= 4 is 27.5 Å². The van der Waals surface area contributed by atoms with E-state index in [9.17, 15) is 17.6 Å². The number of halogens is 2. The van der Waals surface area contributed by atoms with Gasteiger partial charge >= 0.3 is 0 Å². The molecule has 1 amide bonds. The monoisotopic (exact) mass is 383 g/mol. The molecule has 2 aromatic rings. The number of hydrogen-bond acceptors (Lipinski definition) is 4. The lowest BCUT2D eigenvalue weighted by molar-refractivity contribution is 0.0697. The summed E-state index contributed by atoms with van der Waals surface area (Å²) in [5, 5.41) is 0.289. The maximum atomic E-state index is 13.8. The van der Waals surface area contributed by atoms with Crippen LogP contribution in [0.3, 0.4) is 0 Å². The Morgan fingerprint density at radius 1 is 1.08 bits per heavy atom. The summed E-state index contributed by atoms with van der Waals surface area (Å²) in [5.41, 5.74) is 0.384. The lowest BCUT2D eigenvalue weighted by atomic mass is 10.2. The average Bonchev–Trinajstić information content (AvgIpc) is 2.62. The van der Waals surface area contributed by atoms with Crippen molar-refractivity contribution in [2.75, 3.05) is 26.2 Å². The minimum absolute atomic E-state index is 0.101. The first kappa shape index (κ1) is 17.8. The molecule has 9 heteroatoms. The predicted octanol–water partition coefficient (Wildman–Crippen LogP) is 2.02. The fourth-order valence-corrected chi connectivity index (χ4v) is 4.21. The second kappa shape index (κ2) is 7.07. The van der Waals surface area contributed by atoms with Crippen LogP contribution in [0.5, 0.6) is 0 Å². The molecule has 0 bridgehead atoms. The number of piperazine rings is 1. The van der Waals surface area contributed by atoms with Gasteiger partial charge in [0.2, 0.25) is 10.0 Å². The summed E-state index contributed by atoms with van der Waals surface area (Å²) in [4.78, 5) is 17.5. The lowest BCUT2D eigenvalue weighted by Gasteiger charge is -2.34. The molecule has 2 heterocycles. The Morgan fingerprint density at radius 2 is 1.76 bits per heavy atom. The summed E-state index contributed by atoms with van der Waals surface area (Å²) in [6.45, 7) is 0.636. The molecule has 132 valence electrons. The van der Waals surface area contributed by atoms with E-state index in [2.05, 4.69) is 4.98 Å². The summed E-state index contributed by atoms with van der Waals surface area (Å²) < 4.78 is 40.1. The quantitative estimate of drug-likeness (QED) is 0.760. The van der Waals surface area contributed by atoms with E-state index in [-0.39, 0.29) is 42.1 Å². The predicted molar refractivity (Wildman–Crippen MR) is 90.3 cm³/mol. The van der Waals surface area contributed by atoms with Gasteiger partial charge in [-0.1, -0.05) is 23.7 Å². The van der Waals surface area contributed by atoms with Gasteiger partial charge in [-0.15, -0.1) is 0 Å². The standard InChI is InChI=1S/C16H15ClFN3O3S/c17-15-6-5-12(11-19-15)16(22)20-7-9-21(10-8-20)25(23,24)14-4-2-1-3-13(14)18/h1-6,11H,7-10H2. The first-order valence-electron chi connectivity index (χ1n) is 7.55. The highest BCUT2D eigenvalue weighted by Gasteiger charge is 2.32. The van der Waals surface area contributed by atoms with Gasteiger partial charge in [0.15, 0.2) is 0 Å². The van der Waals surface area contributed by atoms with Gasteiger partial charge in [-0.05, 0) is 24.3 Å². The van der Waals surface area contributed by atoms with Crippen LogP contribution in [0.15, 0.2) is 47.5 Å². The molecule has 25 heavy (non-hydrogen) atoms. The number of benzene rings is 1. The number of sulfonamides is 1. The number of hydrogen-bond donors (Lipinski definition) is 0. The third kappa shape index (κ3) is 3.65. The van der Waals surface area contributed by atoms with Gasteiger partial charge in [0.1, 0.15) is 15.9 Å². The Hall–Kier alpha value is -2.03. The highest BCUT2D eigenvalue weighted by molar-refractivity contribution is 7.89. The zero-order valence-corrected chi connectivity index (χ0v) is 14.7. The first-order chi connectivity index (χ1) is 11.9. The zero-order chi connectivity index (χ0) is 18.0. The third-order valence-corrected chi connectivity index (χ3v) is 6.11. The van der Waals surface area contributed by atoms with Crippen molar-refractivity contribution in [1.82, 2.24) is 14.2 Å². The molecule has 1 saturated heterocycles. The summed E-state index contributed by atoms with van der Waals surface area (Å²) in [6.07, 6.45) is 1.38. The number of aromatic nitrogens is 1. The second-order valence-electron chi connectivity index (χ2n) is 5.50. The molecule has 0 saturated carbocycles. The normalized spacial score (nSPS) is 16.0. The molecule has 0 N–H and O–H groups in total. The van der Waals surface area contributed by atoms with Gasteiger partial charge in [-0.3, -0.25) is 4.79 Å². The number of nitrogens with zero attached hydrogens (tertiary/aromatic N) is 3. The van der Waals surface area contributed by atoms with Crippen molar-refractivity contribution in [3.05, 3.63) is 59.1 Å².